The fourth-order valence-electron chi connectivity index (χ4n) is 3.64. The van der Waals surface area contributed by atoms with E-state index in [0.29, 0.717) is 24.2 Å². The number of hydrogen-bond acceptors (Lipinski definition) is 5. The quantitative estimate of drug-likeness (QED) is 0.649. The van der Waals surface area contributed by atoms with Gasteiger partial charge in [0.05, 0.1) is 12.2 Å². The Morgan fingerprint density at radius 3 is 2.58 bits per heavy atom. The molecular weight excluding hydrogens is 330 g/mol. The van der Waals surface area contributed by atoms with Gasteiger partial charge < -0.3 is 14.8 Å². The lowest BCUT2D eigenvalue weighted by molar-refractivity contribution is -0.140. The summed E-state index contributed by atoms with van der Waals surface area (Å²) in [6.07, 6.45) is 2.19. The number of allylic oxidation sites excluding steroid dienone is 3. The summed E-state index contributed by atoms with van der Waals surface area (Å²) in [6.45, 7) is 4.42. The Bertz CT molecular complexity index is 774. The maximum atomic E-state index is 12.8. The highest BCUT2D eigenvalue weighted by Crippen LogP contribution is 2.42. The van der Waals surface area contributed by atoms with Crippen LogP contribution in [0, 0.1) is 6.92 Å². The number of ether oxygens (including phenoxy) is 2. The highest BCUT2D eigenvalue weighted by molar-refractivity contribution is 6.03. The number of esters is 1. The lowest BCUT2D eigenvalue weighted by atomic mass is 9.75. The number of carbonyl (C=O) groups is 2. The van der Waals surface area contributed by atoms with Crippen LogP contribution < -0.4 is 5.32 Å². The van der Waals surface area contributed by atoms with E-state index < -0.39 is 5.97 Å². The van der Waals surface area contributed by atoms with Crippen molar-refractivity contribution in [2.45, 2.75) is 39.0 Å². The molecule has 2 aliphatic rings. The van der Waals surface area contributed by atoms with Crippen LogP contribution in [0.5, 0.6) is 0 Å². The van der Waals surface area contributed by atoms with Crippen molar-refractivity contribution >= 4 is 11.8 Å². The average Bonchev–Trinajstić information content (AvgIpc) is 2.61. The Hall–Kier alpha value is -2.40. The van der Waals surface area contributed by atoms with E-state index in [9.17, 15) is 9.59 Å². The van der Waals surface area contributed by atoms with Gasteiger partial charge in [-0.15, -0.1) is 0 Å². The minimum Gasteiger partial charge on any atom is -0.460 e. The molecule has 5 nitrogen and oxygen atoms in total. The maximum Gasteiger partial charge on any atom is 0.336 e. The number of ketones is 1. The maximum absolute atomic E-state index is 12.8. The second-order valence-corrected chi connectivity index (χ2v) is 6.81. The molecule has 1 N–H and O–H groups in total. The summed E-state index contributed by atoms with van der Waals surface area (Å²) in [5.74, 6) is -0.670. The number of rotatable bonds is 5. The first-order valence-corrected chi connectivity index (χ1v) is 8.99. The van der Waals surface area contributed by atoms with Crippen LogP contribution in [0.15, 0.2) is 46.8 Å². The van der Waals surface area contributed by atoms with Gasteiger partial charge >= 0.3 is 5.97 Å². The molecule has 0 radical (unpaired) electrons. The molecule has 0 aromatic heterocycles. The van der Waals surface area contributed by atoms with Crippen molar-refractivity contribution in [1.29, 1.82) is 0 Å². The number of benzene rings is 1. The minimum absolute atomic E-state index is 0.110. The van der Waals surface area contributed by atoms with Gasteiger partial charge in [0.1, 0.15) is 6.61 Å². The van der Waals surface area contributed by atoms with Crippen LogP contribution >= 0.6 is 0 Å². The molecule has 3 rings (SSSR count). The first-order valence-electron chi connectivity index (χ1n) is 8.99. The SMILES string of the molecule is COCCOC(=O)C1=C(C)NC2=C(C(=O)CCC2)C1c1ccc(C)cc1. The summed E-state index contributed by atoms with van der Waals surface area (Å²) in [5.41, 5.74) is 5.00. The van der Waals surface area contributed by atoms with Crippen LogP contribution in [0.3, 0.4) is 0 Å². The molecule has 1 aromatic rings. The van der Waals surface area contributed by atoms with Gasteiger partial charge in [-0.1, -0.05) is 29.8 Å². The zero-order valence-electron chi connectivity index (χ0n) is 15.6. The number of Topliss-reactive ketones (excluding diaryl/α,β-unsaturated/α-hetero) is 1. The Labute approximate surface area is 154 Å². The molecule has 0 fully saturated rings. The molecule has 5 heteroatoms. The van der Waals surface area contributed by atoms with Crippen LogP contribution in [-0.2, 0) is 19.1 Å². The number of nitrogens with one attached hydrogen (secondary N) is 1. The number of hydrogen-bond donors (Lipinski definition) is 1. The lowest BCUT2D eigenvalue weighted by Gasteiger charge is -2.34. The van der Waals surface area contributed by atoms with Crippen molar-refractivity contribution in [3.05, 3.63) is 57.9 Å². The smallest absolute Gasteiger partial charge is 0.336 e. The molecule has 1 aliphatic heterocycles. The number of aryl methyl sites for hydroxylation is 1. The summed E-state index contributed by atoms with van der Waals surface area (Å²) in [5, 5.41) is 3.29. The van der Waals surface area contributed by atoms with E-state index in [-0.39, 0.29) is 18.3 Å². The largest absolute Gasteiger partial charge is 0.460 e. The van der Waals surface area contributed by atoms with Crippen molar-refractivity contribution in [3.63, 3.8) is 0 Å². The van der Waals surface area contributed by atoms with Gasteiger partial charge in [-0.2, -0.15) is 0 Å². The third-order valence-corrected chi connectivity index (χ3v) is 4.93. The second-order valence-electron chi connectivity index (χ2n) is 6.81. The van der Waals surface area contributed by atoms with E-state index in [2.05, 4.69) is 5.32 Å². The standard InChI is InChI=1S/C21H25NO4/c1-13-7-9-15(10-8-13)19-18(21(24)26-12-11-25-3)14(2)22-16-5-4-6-17(23)20(16)19/h7-10,19,22H,4-6,11-12H2,1-3H3. The summed E-state index contributed by atoms with van der Waals surface area (Å²) in [6, 6.07) is 8.00. The van der Waals surface area contributed by atoms with Crippen LogP contribution in [0.4, 0.5) is 0 Å². The van der Waals surface area contributed by atoms with Crippen molar-refractivity contribution < 1.29 is 19.1 Å². The fourth-order valence-corrected chi connectivity index (χ4v) is 3.64. The Kier molecular flexibility index (Phi) is 5.57. The summed E-state index contributed by atoms with van der Waals surface area (Å²) in [4.78, 5) is 25.5. The number of dihydropyridines is 1. The zero-order valence-corrected chi connectivity index (χ0v) is 15.6. The van der Waals surface area contributed by atoms with E-state index in [1.54, 1.807) is 7.11 Å². The third-order valence-electron chi connectivity index (χ3n) is 4.93. The Morgan fingerprint density at radius 2 is 1.88 bits per heavy atom. The van der Waals surface area contributed by atoms with E-state index in [1.807, 2.05) is 38.1 Å². The Morgan fingerprint density at radius 1 is 1.15 bits per heavy atom. The predicted octanol–water partition coefficient (Wildman–Crippen LogP) is 3.15. The van der Waals surface area contributed by atoms with E-state index in [0.717, 1.165) is 35.4 Å². The monoisotopic (exact) mass is 355 g/mol. The molecule has 0 bridgehead atoms. The van der Waals surface area contributed by atoms with Crippen molar-refractivity contribution in [2.24, 2.45) is 0 Å². The van der Waals surface area contributed by atoms with Gasteiger partial charge in [-0.3, -0.25) is 4.79 Å². The summed E-state index contributed by atoms with van der Waals surface area (Å²) < 4.78 is 10.3. The van der Waals surface area contributed by atoms with Crippen LogP contribution in [-0.4, -0.2) is 32.1 Å². The van der Waals surface area contributed by atoms with Gasteiger partial charge in [0.15, 0.2) is 5.78 Å². The lowest BCUT2D eigenvalue weighted by Crippen LogP contribution is -2.34. The van der Waals surface area contributed by atoms with Gasteiger partial charge in [0.25, 0.3) is 0 Å². The summed E-state index contributed by atoms with van der Waals surface area (Å²) >= 11 is 0. The molecule has 0 saturated heterocycles. The highest BCUT2D eigenvalue weighted by atomic mass is 16.6. The van der Waals surface area contributed by atoms with Gasteiger partial charge in [0, 0.05) is 36.4 Å². The number of methoxy groups -OCH3 is 1. The minimum atomic E-state index is -0.400. The normalized spacial score (nSPS) is 20.0. The molecule has 1 aromatic carbocycles. The third kappa shape index (κ3) is 3.58. The second kappa shape index (κ2) is 7.87. The first-order chi connectivity index (χ1) is 12.5. The Balaban J connectivity index is 2.04. The molecule has 138 valence electrons. The van der Waals surface area contributed by atoms with E-state index >= 15 is 0 Å². The first kappa shape index (κ1) is 18.4. The summed E-state index contributed by atoms with van der Waals surface area (Å²) in [7, 11) is 1.56. The number of carbonyl (C=O) groups excluding carboxylic acids is 2. The van der Waals surface area contributed by atoms with Crippen LogP contribution in [0.2, 0.25) is 0 Å². The van der Waals surface area contributed by atoms with Crippen LogP contribution in [0.25, 0.3) is 0 Å². The molecule has 0 spiro atoms. The molecule has 0 saturated carbocycles. The zero-order chi connectivity index (χ0) is 18.7. The topological polar surface area (TPSA) is 64.6 Å². The fraction of sp³-hybridized carbons (Fsp3) is 0.429. The highest BCUT2D eigenvalue weighted by Gasteiger charge is 2.38. The van der Waals surface area contributed by atoms with Crippen molar-refractivity contribution in [1.82, 2.24) is 5.32 Å². The van der Waals surface area contributed by atoms with E-state index in [4.69, 9.17) is 9.47 Å². The molecule has 1 heterocycles. The van der Waals surface area contributed by atoms with Gasteiger partial charge in [-0.05, 0) is 32.3 Å². The van der Waals surface area contributed by atoms with Crippen molar-refractivity contribution in [3.8, 4) is 0 Å². The van der Waals surface area contributed by atoms with Gasteiger partial charge in [-0.25, -0.2) is 4.79 Å². The molecule has 0 amide bonds. The molecule has 1 unspecified atom stereocenters. The van der Waals surface area contributed by atoms with E-state index in [1.165, 1.54) is 0 Å². The van der Waals surface area contributed by atoms with Crippen LogP contribution in [0.1, 0.15) is 43.2 Å². The van der Waals surface area contributed by atoms with Gasteiger partial charge in [0.2, 0.25) is 0 Å². The molecule has 1 atom stereocenters. The molecular formula is C21H25NO4. The molecule has 26 heavy (non-hydrogen) atoms. The van der Waals surface area contributed by atoms with Crippen molar-refractivity contribution in [2.75, 3.05) is 20.3 Å². The average molecular weight is 355 g/mol. The predicted molar refractivity (Wildman–Crippen MR) is 98.5 cm³/mol. The molecule has 1 aliphatic carbocycles.